The summed E-state index contributed by atoms with van der Waals surface area (Å²) < 4.78 is 5.83. The molecule has 1 aliphatic heterocycles. The fourth-order valence-electron chi connectivity index (χ4n) is 7.07. The van der Waals surface area contributed by atoms with E-state index in [1.807, 2.05) is 52.9 Å². The fraction of sp³-hybridized carbons (Fsp3) is 0.625. The smallest absolute Gasteiger partial charge is 0.303 e. The van der Waals surface area contributed by atoms with Gasteiger partial charge < -0.3 is 15.0 Å². The molecule has 1 aromatic heterocycles. The molecule has 0 radical (unpaired) electrons. The second kappa shape index (κ2) is 19.0. The highest BCUT2D eigenvalue weighted by Gasteiger charge is 2.36. The van der Waals surface area contributed by atoms with Crippen molar-refractivity contribution in [3.63, 3.8) is 0 Å². The lowest BCUT2D eigenvalue weighted by atomic mass is 9.84. The highest BCUT2D eigenvalue weighted by atomic mass is 16.5. The number of ketones is 1. The normalized spacial score (nSPS) is 17.8. The Morgan fingerprint density at radius 1 is 0.939 bits per heavy atom. The van der Waals surface area contributed by atoms with E-state index in [9.17, 15) is 19.2 Å². The number of amides is 2. The van der Waals surface area contributed by atoms with Crippen LogP contribution in [0.5, 0.6) is 0 Å². The Bertz CT molecular complexity index is 1380. The zero-order valence-corrected chi connectivity index (χ0v) is 31.3. The van der Waals surface area contributed by atoms with E-state index in [-0.39, 0.29) is 59.7 Å². The van der Waals surface area contributed by atoms with Gasteiger partial charge >= 0.3 is 5.97 Å². The molecule has 0 spiro atoms. The van der Waals surface area contributed by atoms with Crippen molar-refractivity contribution in [1.82, 2.24) is 20.1 Å². The zero-order valence-electron chi connectivity index (χ0n) is 31.3. The van der Waals surface area contributed by atoms with Crippen LogP contribution in [0.25, 0.3) is 0 Å². The SMILES string of the molecule is CC(=O)O[C@H](C[C@H](C(C)C)N(C)C(=O)[C@@H](CC(=O)[C@H]1CCCCN1C)C(C)C)c1cccc(C(=O)N[C@@H](Cc2ccccc2)CC(C)C)n1. The van der Waals surface area contributed by atoms with Gasteiger partial charge in [0.25, 0.3) is 5.91 Å². The molecule has 1 fully saturated rings. The van der Waals surface area contributed by atoms with Gasteiger partial charge in [0.1, 0.15) is 11.8 Å². The van der Waals surface area contributed by atoms with Crippen LogP contribution < -0.4 is 5.32 Å². The molecule has 0 unspecified atom stereocenters. The third-order valence-corrected chi connectivity index (χ3v) is 9.81. The number of nitrogens with zero attached hydrogens (tertiary/aromatic N) is 3. The largest absolute Gasteiger partial charge is 0.456 e. The summed E-state index contributed by atoms with van der Waals surface area (Å²) in [6, 6.07) is 14.7. The number of likely N-dealkylation sites (tertiary alicyclic amines) is 1. The molecule has 9 heteroatoms. The number of ether oxygens (including phenoxy) is 1. The molecule has 5 atom stereocenters. The molecule has 2 amide bonds. The van der Waals surface area contributed by atoms with E-state index in [1.165, 1.54) is 6.92 Å². The monoisotopic (exact) mass is 676 g/mol. The average Bonchev–Trinajstić information content (AvgIpc) is 3.04. The summed E-state index contributed by atoms with van der Waals surface area (Å²) in [5, 5.41) is 3.18. The number of rotatable bonds is 17. The third kappa shape index (κ3) is 12.1. The maximum absolute atomic E-state index is 14.1. The highest BCUT2D eigenvalue weighted by Crippen LogP contribution is 2.30. The number of benzene rings is 1. The Morgan fingerprint density at radius 3 is 2.22 bits per heavy atom. The third-order valence-electron chi connectivity index (χ3n) is 9.81. The maximum Gasteiger partial charge on any atom is 0.303 e. The lowest BCUT2D eigenvalue weighted by molar-refractivity contribution is -0.149. The first kappa shape index (κ1) is 39.8. The Kier molecular flexibility index (Phi) is 15.4. The van der Waals surface area contributed by atoms with Crippen LogP contribution in [-0.4, -0.2) is 77.1 Å². The first-order valence-electron chi connectivity index (χ1n) is 18.2. The van der Waals surface area contributed by atoms with Crippen LogP contribution in [0, 0.1) is 23.7 Å². The number of carbonyl (C=O) groups excluding carboxylic acids is 4. The van der Waals surface area contributed by atoms with Crippen molar-refractivity contribution in [1.29, 1.82) is 0 Å². The van der Waals surface area contributed by atoms with Gasteiger partial charge in [-0.25, -0.2) is 4.98 Å². The fourth-order valence-corrected chi connectivity index (χ4v) is 7.07. The van der Waals surface area contributed by atoms with Gasteiger partial charge in [-0.05, 0) is 74.7 Å². The minimum absolute atomic E-state index is 0.0151. The second-order valence-electron chi connectivity index (χ2n) is 15.0. The molecule has 270 valence electrons. The summed E-state index contributed by atoms with van der Waals surface area (Å²) >= 11 is 0. The molecule has 9 nitrogen and oxygen atoms in total. The zero-order chi connectivity index (χ0) is 36.2. The quantitative estimate of drug-likeness (QED) is 0.187. The van der Waals surface area contributed by atoms with Gasteiger partial charge in [0.2, 0.25) is 5.91 Å². The lowest BCUT2D eigenvalue weighted by Crippen LogP contribution is -2.48. The number of pyridine rings is 1. The number of aromatic nitrogens is 1. The number of Topliss-reactive ketones (excluding diaryl/α,β-unsaturated/α-hetero) is 1. The minimum Gasteiger partial charge on any atom is -0.456 e. The van der Waals surface area contributed by atoms with Gasteiger partial charge in [-0.2, -0.15) is 0 Å². The molecule has 2 aromatic rings. The van der Waals surface area contributed by atoms with E-state index in [4.69, 9.17) is 9.72 Å². The molecule has 2 heterocycles. The first-order chi connectivity index (χ1) is 23.2. The average molecular weight is 677 g/mol. The van der Waals surface area contributed by atoms with Gasteiger partial charge in [-0.3, -0.25) is 24.1 Å². The van der Waals surface area contributed by atoms with Crippen molar-refractivity contribution in [3.05, 3.63) is 65.5 Å². The minimum atomic E-state index is -0.779. The van der Waals surface area contributed by atoms with E-state index >= 15 is 0 Å². The van der Waals surface area contributed by atoms with Crippen molar-refractivity contribution in [2.75, 3.05) is 20.6 Å². The van der Waals surface area contributed by atoms with E-state index < -0.39 is 18.0 Å². The van der Waals surface area contributed by atoms with Gasteiger partial charge in [0.05, 0.1) is 11.7 Å². The molecule has 49 heavy (non-hydrogen) atoms. The number of piperidine rings is 1. The van der Waals surface area contributed by atoms with Crippen LogP contribution in [0.15, 0.2) is 48.5 Å². The number of hydrogen-bond acceptors (Lipinski definition) is 7. The number of nitrogens with one attached hydrogen (secondary N) is 1. The van der Waals surface area contributed by atoms with Crippen molar-refractivity contribution in [3.8, 4) is 0 Å². The lowest BCUT2D eigenvalue weighted by Gasteiger charge is -2.37. The number of likely N-dealkylation sites (N-methyl/N-ethyl adjacent to an activating group) is 1. The van der Waals surface area contributed by atoms with Gasteiger partial charge in [0.15, 0.2) is 5.78 Å². The summed E-state index contributed by atoms with van der Waals surface area (Å²) in [4.78, 5) is 62.0. The van der Waals surface area contributed by atoms with Crippen LogP contribution in [0.3, 0.4) is 0 Å². The van der Waals surface area contributed by atoms with Crippen LogP contribution in [0.2, 0.25) is 0 Å². The molecule has 0 aliphatic carbocycles. The van der Waals surface area contributed by atoms with Gasteiger partial charge in [0, 0.05) is 44.8 Å². The van der Waals surface area contributed by atoms with Crippen LogP contribution >= 0.6 is 0 Å². The molecule has 1 aliphatic rings. The number of carbonyl (C=O) groups is 4. The molecule has 1 aromatic carbocycles. The van der Waals surface area contributed by atoms with E-state index in [2.05, 4.69) is 36.2 Å². The Morgan fingerprint density at radius 2 is 1.63 bits per heavy atom. The number of hydrogen-bond donors (Lipinski definition) is 1. The van der Waals surface area contributed by atoms with Crippen LogP contribution in [0.4, 0.5) is 0 Å². The van der Waals surface area contributed by atoms with E-state index in [0.29, 0.717) is 24.5 Å². The maximum atomic E-state index is 14.1. The van der Waals surface area contributed by atoms with Crippen LogP contribution in [-0.2, 0) is 25.5 Å². The number of esters is 1. The van der Waals surface area contributed by atoms with Gasteiger partial charge in [-0.1, -0.05) is 84.4 Å². The summed E-state index contributed by atoms with van der Waals surface area (Å²) in [7, 11) is 3.77. The van der Waals surface area contributed by atoms with E-state index in [0.717, 1.165) is 37.8 Å². The summed E-state index contributed by atoms with van der Waals surface area (Å²) in [6.45, 7) is 14.6. The molecular formula is C40H60N4O5. The Balaban J connectivity index is 1.81. The first-order valence-corrected chi connectivity index (χ1v) is 18.2. The molecule has 1 saturated heterocycles. The molecular weight excluding hydrogens is 616 g/mol. The predicted octanol–water partition coefficient (Wildman–Crippen LogP) is 6.66. The standard InChI is InChI=1S/C40H60N4O5/c1-26(2)22-31(23-30-16-11-10-12-17-30)41-39(47)34-19-15-18-33(42-34)38(49-29(7)45)25-36(28(5)6)44(9)40(48)32(27(3)4)24-37(46)35-20-13-14-21-43(35)8/h10-12,15-19,26-28,31-32,35-36,38H,13-14,20-25H2,1-9H3,(H,41,47)/t31-,32+,35-,36-,38-/m1/s1. The van der Waals surface area contributed by atoms with Crippen molar-refractivity contribution >= 4 is 23.6 Å². The predicted molar refractivity (Wildman–Crippen MR) is 194 cm³/mol. The summed E-state index contributed by atoms with van der Waals surface area (Å²) in [6.07, 6.45) is 4.18. The van der Waals surface area contributed by atoms with Crippen molar-refractivity contribution in [2.24, 2.45) is 23.7 Å². The van der Waals surface area contributed by atoms with Crippen molar-refractivity contribution < 1.29 is 23.9 Å². The Labute approximate surface area is 294 Å². The summed E-state index contributed by atoms with van der Waals surface area (Å²) in [5.41, 5.74) is 1.84. The van der Waals surface area contributed by atoms with E-state index in [1.54, 1.807) is 30.1 Å². The molecule has 0 bridgehead atoms. The Hall–Kier alpha value is -3.59. The topological polar surface area (TPSA) is 109 Å². The van der Waals surface area contributed by atoms with Gasteiger partial charge in [-0.15, -0.1) is 0 Å². The molecule has 3 rings (SSSR count). The summed E-state index contributed by atoms with van der Waals surface area (Å²) in [5.74, 6) is -0.800. The van der Waals surface area contributed by atoms with Crippen molar-refractivity contribution in [2.45, 2.75) is 118 Å². The molecule has 0 saturated carbocycles. The highest BCUT2D eigenvalue weighted by molar-refractivity contribution is 5.92. The second-order valence-corrected chi connectivity index (χ2v) is 15.0. The van der Waals surface area contributed by atoms with Crippen LogP contribution in [0.1, 0.15) is 115 Å². The molecule has 1 N–H and O–H groups in total.